The van der Waals surface area contributed by atoms with Crippen LogP contribution in [0.4, 0.5) is 10.1 Å². The highest BCUT2D eigenvalue weighted by Gasteiger charge is 2.25. The molecule has 1 aliphatic rings. The highest BCUT2D eigenvalue weighted by atomic mass is 19.1. The molecule has 3 heteroatoms. The summed E-state index contributed by atoms with van der Waals surface area (Å²) >= 11 is 0. The van der Waals surface area contributed by atoms with Crippen molar-refractivity contribution in [2.45, 2.75) is 25.9 Å². The number of fused-ring (bicyclic) bond motifs is 1. The second-order valence-corrected chi connectivity index (χ2v) is 5.27. The number of para-hydroxylation sites is 1. The highest BCUT2D eigenvalue weighted by molar-refractivity contribution is 5.59. The molecular formula is C17H15FN2. The quantitative estimate of drug-likeness (QED) is 0.829. The van der Waals surface area contributed by atoms with E-state index in [0.717, 1.165) is 12.0 Å². The topological polar surface area (TPSA) is 27.0 Å². The summed E-state index contributed by atoms with van der Waals surface area (Å²) in [5.41, 5.74) is 3.75. The lowest BCUT2D eigenvalue weighted by atomic mass is 10.1. The number of nitriles is 1. The van der Waals surface area contributed by atoms with Crippen LogP contribution in [0.1, 0.15) is 23.6 Å². The molecule has 0 fully saturated rings. The first kappa shape index (κ1) is 12.7. The van der Waals surface area contributed by atoms with Crippen LogP contribution in [0.25, 0.3) is 0 Å². The van der Waals surface area contributed by atoms with E-state index in [1.54, 1.807) is 6.07 Å². The summed E-state index contributed by atoms with van der Waals surface area (Å²) in [5.74, 6) is -0.348. The van der Waals surface area contributed by atoms with E-state index < -0.39 is 0 Å². The Balaban J connectivity index is 1.92. The van der Waals surface area contributed by atoms with Gasteiger partial charge in [-0.15, -0.1) is 0 Å². The lowest BCUT2D eigenvalue weighted by Gasteiger charge is -2.25. The molecule has 2 nitrogen and oxygen atoms in total. The maximum atomic E-state index is 13.5. The Morgan fingerprint density at radius 2 is 2.10 bits per heavy atom. The van der Waals surface area contributed by atoms with E-state index in [1.165, 1.54) is 23.4 Å². The second-order valence-electron chi connectivity index (χ2n) is 5.27. The van der Waals surface area contributed by atoms with Gasteiger partial charge in [-0.1, -0.05) is 18.2 Å². The van der Waals surface area contributed by atoms with Crippen molar-refractivity contribution in [1.29, 1.82) is 5.26 Å². The molecule has 0 radical (unpaired) electrons. The standard InChI is InChI=1S/C17H15FN2/c1-12-6-15-4-2-3-5-17(15)20(12)11-14-7-13(10-19)8-16(18)9-14/h2-5,7-9,12H,6,11H2,1H3. The number of benzene rings is 2. The van der Waals surface area contributed by atoms with Crippen LogP contribution in [0.5, 0.6) is 0 Å². The predicted octanol–water partition coefficient (Wildman–Crippen LogP) is 3.65. The zero-order chi connectivity index (χ0) is 14.1. The summed E-state index contributed by atoms with van der Waals surface area (Å²) in [6, 6.07) is 15.2. The van der Waals surface area contributed by atoms with Gasteiger partial charge in [0.15, 0.2) is 0 Å². The molecular weight excluding hydrogens is 251 g/mol. The first-order valence-electron chi connectivity index (χ1n) is 6.71. The molecule has 3 rings (SSSR count). The summed E-state index contributed by atoms with van der Waals surface area (Å²) in [6.45, 7) is 2.80. The molecule has 0 spiro atoms. The largest absolute Gasteiger partial charge is 0.364 e. The molecule has 2 aromatic carbocycles. The molecule has 0 N–H and O–H groups in total. The molecule has 0 aromatic heterocycles. The monoisotopic (exact) mass is 266 g/mol. The van der Waals surface area contributed by atoms with Gasteiger partial charge >= 0.3 is 0 Å². The molecule has 1 heterocycles. The van der Waals surface area contributed by atoms with Crippen LogP contribution in [-0.4, -0.2) is 6.04 Å². The molecule has 2 aromatic rings. The minimum Gasteiger partial charge on any atom is -0.364 e. The normalized spacial score (nSPS) is 16.9. The lowest BCUT2D eigenvalue weighted by molar-refractivity contribution is 0.620. The molecule has 0 saturated carbocycles. The van der Waals surface area contributed by atoms with Gasteiger partial charge in [0.05, 0.1) is 11.6 Å². The zero-order valence-electron chi connectivity index (χ0n) is 11.3. The van der Waals surface area contributed by atoms with Crippen molar-refractivity contribution in [2.75, 3.05) is 4.90 Å². The molecule has 0 bridgehead atoms. The fourth-order valence-electron chi connectivity index (χ4n) is 2.87. The first-order chi connectivity index (χ1) is 9.67. The van der Waals surface area contributed by atoms with E-state index in [2.05, 4.69) is 24.0 Å². The van der Waals surface area contributed by atoms with Crippen LogP contribution in [0.3, 0.4) is 0 Å². The van der Waals surface area contributed by atoms with Gasteiger partial charge in [-0.05, 0) is 48.7 Å². The number of halogens is 1. The van der Waals surface area contributed by atoms with E-state index in [9.17, 15) is 4.39 Å². The highest BCUT2D eigenvalue weighted by Crippen LogP contribution is 2.33. The minimum absolute atomic E-state index is 0.348. The molecule has 0 saturated heterocycles. The lowest BCUT2D eigenvalue weighted by Crippen LogP contribution is -2.28. The zero-order valence-corrected chi connectivity index (χ0v) is 11.3. The minimum atomic E-state index is -0.348. The van der Waals surface area contributed by atoms with Crippen molar-refractivity contribution in [1.82, 2.24) is 0 Å². The van der Waals surface area contributed by atoms with Gasteiger partial charge in [0.2, 0.25) is 0 Å². The Labute approximate surface area is 118 Å². The average Bonchev–Trinajstić information content (AvgIpc) is 2.75. The Hall–Kier alpha value is -2.34. The van der Waals surface area contributed by atoms with E-state index in [4.69, 9.17) is 5.26 Å². The number of rotatable bonds is 2. The summed E-state index contributed by atoms with van der Waals surface area (Å²) in [6.07, 6.45) is 1.01. The van der Waals surface area contributed by atoms with Crippen LogP contribution in [0, 0.1) is 17.1 Å². The Morgan fingerprint density at radius 3 is 2.90 bits per heavy atom. The van der Waals surface area contributed by atoms with Crippen LogP contribution in [0.2, 0.25) is 0 Å². The molecule has 100 valence electrons. The van der Waals surface area contributed by atoms with E-state index in [1.807, 2.05) is 18.2 Å². The van der Waals surface area contributed by atoms with Crippen LogP contribution >= 0.6 is 0 Å². The molecule has 1 unspecified atom stereocenters. The Bertz CT molecular complexity index is 688. The Morgan fingerprint density at radius 1 is 1.30 bits per heavy atom. The summed E-state index contributed by atoms with van der Waals surface area (Å²) in [7, 11) is 0. The SMILES string of the molecule is CC1Cc2ccccc2N1Cc1cc(F)cc(C#N)c1. The number of anilines is 1. The third kappa shape index (κ3) is 2.25. The van der Waals surface area contributed by atoms with Crippen LogP contribution in [0.15, 0.2) is 42.5 Å². The molecule has 20 heavy (non-hydrogen) atoms. The summed E-state index contributed by atoms with van der Waals surface area (Å²) < 4.78 is 13.5. The van der Waals surface area contributed by atoms with Gasteiger partial charge < -0.3 is 4.90 Å². The average molecular weight is 266 g/mol. The van der Waals surface area contributed by atoms with Gasteiger partial charge in [-0.25, -0.2) is 4.39 Å². The van der Waals surface area contributed by atoms with Gasteiger partial charge in [0.25, 0.3) is 0 Å². The maximum absolute atomic E-state index is 13.5. The van der Waals surface area contributed by atoms with Crippen LogP contribution in [-0.2, 0) is 13.0 Å². The maximum Gasteiger partial charge on any atom is 0.124 e. The van der Waals surface area contributed by atoms with Crippen molar-refractivity contribution in [2.24, 2.45) is 0 Å². The first-order valence-corrected chi connectivity index (χ1v) is 6.71. The number of nitrogens with zero attached hydrogens (tertiary/aromatic N) is 2. The summed E-state index contributed by atoms with van der Waals surface area (Å²) in [4.78, 5) is 2.27. The van der Waals surface area contributed by atoms with Crippen molar-refractivity contribution < 1.29 is 4.39 Å². The third-order valence-corrected chi connectivity index (χ3v) is 3.79. The molecule has 1 aliphatic heterocycles. The van der Waals surface area contributed by atoms with Crippen molar-refractivity contribution >= 4 is 5.69 Å². The molecule has 0 aliphatic carbocycles. The van der Waals surface area contributed by atoms with Crippen molar-refractivity contribution in [3.05, 3.63) is 65.0 Å². The number of hydrogen-bond donors (Lipinski definition) is 0. The fourth-order valence-corrected chi connectivity index (χ4v) is 2.87. The molecule has 1 atom stereocenters. The second kappa shape index (κ2) is 4.97. The van der Waals surface area contributed by atoms with Crippen LogP contribution < -0.4 is 4.90 Å². The van der Waals surface area contributed by atoms with E-state index >= 15 is 0 Å². The number of hydrogen-bond acceptors (Lipinski definition) is 2. The van der Waals surface area contributed by atoms with Gasteiger partial charge in [-0.2, -0.15) is 5.26 Å². The van der Waals surface area contributed by atoms with E-state index in [-0.39, 0.29) is 5.82 Å². The predicted molar refractivity (Wildman–Crippen MR) is 76.9 cm³/mol. The Kier molecular flexibility index (Phi) is 3.15. The smallest absolute Gasteiger partial charge is 0.124 e. The summed E-state index contributed by atoms with van der Waals surface area (Å²) in [5, 5.41) is 8.93. The van der Waals surface area contributed by atoms with Crippen molar-refractivity contribution in [3.8, 4) is 6.07 Å². The fraction of sp³-hybridized carbons (Fsp3) is 0.235. The van der Waals surface area contributed by atoms with Gasteiger partial charge in [0, 0.05) is 18.3 Å². The molecule has 0 amide bonds. The third-order valence-electron chi connectivity index (χ3n) is 3.79. The van der Waals surface area contributed by atoms with Crippen molar-refractivity contribution in [3.63, 3.8) is 0 Å². The van der Waals surface area contributed by atoms with E-state index in [0.29, 0.717) is 18.2 Å². The van der Waals surface area contributed by atoms with Gasteiger partial charge in [-0.3, -0.25) is 0 Å². The van der Waals surface area contributed by atoms with Gasteiger partial charge in [0.1, 0.15) is 5.82 Å².